The highest BCUT2D eigenvalue weighted by molar-refractivity contribution is 5.79. The molecule has 0 rings (SSSR count). The fraction of sp³-hybridized carbons (Fsp3) is 0.909. The van der Waals surface area contributed by atoms with Crippen LogP contribution < -0.4 is 0 Å². The van der Waals surface area contributed by atoms with Crippen molar-refractivity contribution >= 4 is 5.78 Å². The lowest BCUT2D eigenvalue weighted by Gasteiger charge is -2.22. The first-order valence-corrected chi connectivity index (χ1v) is 5.41. The van der Waals surface area contributed by atoms with Crippen LogP contribution in [0.2, 0.25) is 0 Å². The SMILES string of the molecule is COC(C)(C)CCC(=O)COCC(F)(F)C(F)F. The van der Waals surface area contributed by atoms with Gasteiger partial charge >= 0.3 is 12.3 Å². The van der Waals surface area contributed by atoms with E-state index < -0.39 is 36.9 Å². The van der Waals surface area contributed by atoms with E-state index in [1.165, 1.54) is 7.11 Å². The Morgan fingerprint density at radius 3 is 2.28 bits per heavy atom. The van der Waals surface area contributed by atoms with Gasteiger partial charge in [0.2, 0.25) is 0 Å². The average Bonchev–Trinajstić information content (AvgIpc) is 2.26. The highest BCUT2D eigenvalue weighted by Crippen LogP contribution is 2.23. The van der Waals surface area contributed by atoms with Crippen molar-refractivity contribution in [2.24, 2.45) is 0 Å². The quantitative estimate of drug-likeness (QED) is 0.606. The van der Waals surface area contributed by atoms with Crippen LogP contribution in [0.5, 0.6) is 0 Å². The van der Waals surface area contributed by atoms with E-state index in [4.69, 9.17) is 4.74 Å². The van der Waals surface area contributed by atoms with Gasteiger partial charge in [0, 0.05) is 13.5 Å². The topological polar surface area (TPSA) is 35.5 Å². The van der Waals surface area contributed by atoms with Crippen LogP contribution in [0.25, 0.3) is 0 Å². The molecule has 0 aromatic rings. The predicted octanol–water partition coefficient (Wildman–Crippen LogP) is 2.68. The second kappa shape index (κ2) is 7.04. The maximum atomic E-state index is 12.4. The summed E-state index contributed by atoms with van der Waals surface area (Å²) in [7, 11) is 1.49. The molecule has 0 N–H and O–H groups in total. The minimum atomic E-state index is -4.22. The maximum absolute atomic E-state index is 12.4. The van der Waals surface area contributed by atoms with Crippen molar-refractivity contribution in [2.45, 2.75) is 44.6 Å². The van der Waals surface area contributed by atoms with Crippen LogP contribution in [0.3, 0.4) is 0 Å². The highest BCUT2D eigenvalue weighted by Gasteiger charge is 2.41. The smallest absolute Gasteiger partial charge is 0.330 e. The van der Waals surface area contributed by atoms with Gasteiger partial charge in [-0.2, -0.15) is 8.78 Å². The normalized spacial score (nSPS) is 13.1. The number of hydrogen-bond donors (Lipinski definition) is 0. The molecule has 0 atom stereocenters. The number of carbonyl (C=O) groups excluding carboxylic acids is 1. The minimum absolute atomic E-state index is 0.0844. The summed E-state index contributed by atoms with van der Waals surface area (Å²) < 4.78 is 57.7. The molecule has 3 nitrogen and oxygen atoms in total. The van der Waals surface area contributed by atoms with Crippen molar-refractivity contribution < 1.29 is 31.8 Å². The van der Waals surface area contributed by atoms with E-state index in [0.717, 1.165) is 0 Å². The average molecular weight is 274 g/mol. The van der Waals surface area contributed by atoms with Crippen LogP contribution >= 0.6 is 0 Å². The number of ketones is 1. The summed E-state index contributed by atoms with van der Waals surface area (Å²) >= 11 is 0. The van der Waals surface area contributed by atoms with E-state index in [0.29, 0.717) is 6.42 Å². The first-order valence-electron chi connectivity index (χ1n) is 5.41. The van der Waals surface area contributed by atoms with Crippen LogP contribution in [0.1, 0.15) is 26.7 Å². The molecule has 0 unspecified atom stereocenters. The Hall–Kier alpha value is -0.690. The predicted molar refractivity (Wildman–Crippen MR) is 57.1 cm³/mol. The standard InChI is InChI=1S/C11H18F4O3/c1-10(2,17-3)5-4-8(16)6-18-7-11(14,15)9(12)13/h9H,4-7H2,1-3H3. The van der Waals surface area contributed by atoms with E-state index in [2.05, 4.69) is 4.74 Å². The molecule has 0 saturated heterocycles. The molecule has 0 saturated carbocycles. The number of rotatable bonds is 9. The van der Waals surface area contributed by atoms with Gasteiger partial charge in [0.1, 0.15) is 13.2 Å². The second-order valence-corrected chi connectivity index (χ2v) is 4.56. The zero-order valence-corrected chi connectivity index (χ0v) is 10.6. The Morgan fingerprint density at radius 1 is 1.28 bits per heavy atom. The Labute approximate surface area is 103 Å². The Morgan fingerprint density at radius 2 is 1.83 bits per heavy atom. The van der Waals surface area contributed by atoms with Crippen LogP contribution in [-0.4, -0.2) is 44.1 Å². The summed E-state index contributed by atoms with van der Waals surface area (Å²) in [4.78, 5) is 11.2. The summed E-state index contributed by atoms with van der Waals surface area (Å²) in [6, 6.07) is 0. The van der Waals surface area contributed by atoms with E-state index in [1.54, 1.807) is 13.8 Å². The molecule has 0 amide bonds. The van der Waals surface area contributed by atoms with Crippen molar-refractivity contribution in [1.82, 2.24) is 0 Å². The third kappa shape index (κ3) is 6.90. The first-order chi connectivity index (χ1) is 8.10. The van der Waals surface area contributed by atoms with Crippen LogP contribution in [0.4, 0.5) is 17.6 Å². The van der Waals surface area contributed by atoms with Crippen molar-refractivity contribution in [1.29, 1.82) is 0 Å². The molecule has 0 radical (unpaired) electrons. The van der Waals surface area contributed by atoms with Gasteiger partial charge in [0.05, 0.1) is 5.60 Å². The molecule has 0 aromatic carbocycles. The number of methoxy groups -OCH3 is 1. The lowest BCUT2D eigenvalue weighted by molar-refractivity contribution is -0.168. The molecule has 108 valence electrons. The van der Waals surface area contributed by atoms with Gasteiger partial charge < -0.3 is 9.47 Å². The molecule has 0 spiro atoms. The number of Topliss-reactive ketones (excluding diaryl/α,β-unsaturated/α-hetero) is 1. The summed E-state index contributed by atoms with van der Waals surface area (Å²) in [5.41, 5.74) is -0.497. The summed E-state index contributed by atoms with van der Waals surface area (Å²) in [5.74, 6) is -4.64. The largest absolute Gasteiger partial charge is 0.379 e. The van der Waals surface area contributed by atoms with E-state index in [-0.39, 0.29) is 6.42 Å². The van der Waals surface area contributed by atoms with Crippen molar-refractivity contribution in [2.75, 3.05) is 20.3 Å². The third-order valence-electron chi connectivity index (χ3n) is 2.44. The van der Waals surface area contributed by atoms with E-state index in [9.17, 15) is 22.4 Å². The van der Waals surface area contributed by atoms with E-state index in [1.807, 2.05) is 0 Å². The van der Waals surface area contributed by atoms with E-state index >= 15 is 0 Å². The van der Waals surface area contributed by atoms with Gasteiger partial charge in [0.25, 0.3) is 0 Å². The minimum Gasteiger partial charge on any atom is -0.379 e. The van der Waals surface area contributed by atoms with Crippen molar-refractivity contribution in [3.8, 4) is 0 Å². The van der Waals surface area contributed by atoms with Crippen LogP contribution in [-0.2, 0) is 14.3 Å². The fourth-order valence-electron chi connectivity index (χ4n) is 0.979. The van der Waals surface area contributed by atoms with Gasteiger partial charge in [-0.3, -0.25) is 4.79 Å². The van der Waals surface area contributed by atoms with Crippen molar-refractivity contribution in [3.63, 3.8) is 0 Å². The molecule has 0 aromatic heterocycles. The summed E-state index contributed by atoms with van der Waals surface area (Å²) in [6.45, 7) is 1.49. The van der Waals surface area contributed by atoms with Crippen molar-refractivity contribution in [3.05, 3.63) is 0 Å². The number of ether oxygens (including phenoxy) is 2. The fourth-order valence-corrected chi connectivity index (χ4v) is 0.979. The molecule has 0 bridgehead atoms. The van der Waals surface area contributed by atoms with Crippen LogP contribution in [0.15, 0.2) is 0 Å². The van der Waals surface area contributed by atoms with Gasteiger partial charge in [-0.15, -0.1) is 0 Å². The molecular weight excluding hydrogens is 256 g/mol. The summed E-state index contributed by atoms with van der Waals surface area (Å²) in [5, 5.41) is 0. The zero-order chi connectivity index (χ0) is 14.4. The number of hydrogen-bond acceptors (Lipinski definition) is 3. The molecule has 0 fully saturated rings. The van der Waals surface area contributed by atoms with Gasteiger partial charge in [0.15, 0.2) is 5.78 Å². The Balaban J connectivity index is 3.86. The maximum Gasteiger partial charge on any atom is 0.330 e. The molecular formula is C11H18F4O3. The number of alkyl halides is 4. The Kier molecular flexibility index (Phi) is 6.77. The monoisotopic (exact) mass is 274 g/mol. The molecule has 0 aliphatic carbocycles. The third-order valence-corrected chi connectivity index (χ3v) is 2.44. The molecule has 0 aliphatic rings. The Bertz CT molecular complexity index is 267. The van der Waals surface area contributed by atoms with Crippen LogP contribution in [0, 0.1) is 0 Å². The van der Waals surface area contributed by atoms with Gasteiger partial charge in [-0.1, -0.05) is 0 Å². The van der Waals surface area contributed by atoms with Gasteiger partial charge in [-0.05, 0) is 20.3 Å². The molecule has 0 aliphatic heterocycles. The molecule has 18 heavy (non-hydrogen) atoms. The zero-order valence-electron chi connectivity index (χ0n) is 10.6. The number of carbonyl (C=O) groups is 1. The number of halogens is 4. The second-order valence-electron chi connectivity index (χ2n) is 4.56. The molecule has 0 heterocycles. The first kappa shape index (κ1) is 17.3. The molecule has 7 heteroatoms. The summed E-state index contributed by atoms with van der Waals surface area (Å²) in [6.07, 6.45) is -3.31. The lowest BCUT2D eigenvalue weighted by atomic mass is 10.0. The highest BCUT2D eigenvalue weighted by atomic mass is 19.3. The van der Waals surface area contributed by atoms with Gasteiger partial charge in [-0.25, -0.2) is 8.78 Å². The lowest BCUT2D eigenvalue weighted by Crippen LogP contribution is -2.33.